The van der Waals surface area contributed by atoms with Crippen LogP contribution in [0.5, 0.6) is 0 Å². The molecule has 19 heavy (non-hydrogen) atoms. The van der Waals surface area contributed by atoms with Gasteiger partial charge in [-0.05, 0) is 44.5 Å². The number of ether oxygens (including phenoxy) is 1. The van der Waals surface area contributed by atoms with Gasteiger partial charge < -0.3 is 15.2 Å². The first kappa shape index (κ1) is 15.2. The van der Waals surface area contributed by atoms with Gasteiger partial charge in [0.05, 0.1) is 24.7 Å². The Morgan fingerprint density at radius 1 is 1.37 bits per heavy atom. The quantitative estimate of drug-likeness (QED) is 0.828. The molecule has 0 fully saturated rings. The summed E-state index contributed by atoms with van der Waals surface area (Å²) in [6.07, 6.45) is 0.377. The molecule has 0 unspecified atom stereocenters. The van der Waals surface area contributed by atoms with Crippen molar-refractivity contribution in [3.8, 4) is 0 Å². The second kappa shape index (κ2) is 6.89. The van der Waals surface area contributed by atoms with Crippen LogP contribution in [0.1, 0.15) is 36.2 Å². The third-order valence-corrected chi connectivity index (χ3v) is 2.52. The molecule has 0 aliphatic heterocycles. The van der Waals surface area contributed by atoms with E-state index in [2.05, 4.69) is 5.32 Å². The number of carboxylic acids is 1. The van der Waals surface area contributed by atoms with Gasteiger partial charge in [-0.2, -0.15) is 0 Å². The fraction of sp³-hybridized carbons (Fsp3) is 0.429. The smallest absolute Gasteiger partial charge is 0.335 e. The maximum absolute atomic E-state index is 11.6. The predicted molar refractivity (Wildman–Crippen MR) is 72.5 cm³/mol. The molecule has 2 N–H and O–H groups in total. The van der Waals surface area contributed by atoms with Gasteiger partial charge in [0.15, 0.2) is 0 Å². The van der Waals surface area contributed by atoms with Crippen molar-refractivity contribution in [2.45, 2.75) is 33.3 Å². The van der Waals surface area contributed by atoms with E-state index in [4.69, 9.17) is 9.84 Å². The Bertz CT molecular complexity index is 469. The van der Waals surface area contributed by atoms with Gasteiger partial charge in [0.25, 0.3) is 0 Å². The second-order valence-corrected chi connectivity index (χ2v) is 4.55. The van der Waals surface area contributed by atoms with Gasteiger partial charge in [-0.3, -0.25) is 4.79 Å². The number of aromatic carboxylic acids is 1. The van der Waals surface area contributed by atoms with E-state index in [9.17, 15) is 9.59 Å². The van der Waals surface area contributed by atoms with E-state index >= 15 is 0 Å². The number of rotatable bonds is 6. The molecule has 5 nitrogen and oxygen atoms in total. The van der Waals surface area contributed by atoms with Crippen LogP contribution in [0.15, 0.2) is 18.2 Å². The predicted octanol–water partition coefficient (Wildman–Crippen LogP) is 2.45. The summed E-state index contributed by atoms with van der Waals surface area (Å²) in [5.74, 6) is -1.12. The summed E-state index contributed by atoms with van der Waals surface area (Å²) >= 11 is 0. The Labute approximate surface area is 112 Å². The van der Waals surface area contributed by atoms with Crippen molar-refractivity contribution >= 4 is 17.6 Å². The van der Waals surface area contributed by atoms with Crippen LogP contribution >= 0.6 is 0 Å². The van der Waals surface area contributed by atoms with Gasteiger partial charge in [-0.15, -0.1) is 0 Å². The van der Waals surface area contributed by atoms with Crippen LogP contribution in [0.25, 0.3) is 0 Å². The van der Waals surface area contributed by atoms with Crippen LogP contribution in [-0.2, 0) is 9.53 Å². The number of aryl methyl sites for hydroxylation is 1. The average Bonchev–Trinajstić information content (AvgIpc) is 2.27. The van der Waals surface area contributed by atoms with E-state index in [1.54, 1.807) is 19.1 Å². The number of benzene rings is 1. The zero-order chi connectivity index (χ0) is 14.4. The van der Waals surface area contributed by atoms with Crippen LogP contribution in [0.4, 0.5) is 5.69 Å². The van der Waals surface area contributed by atoms with Gasteiger partial charge in [0.1, 0.15) is 0 Å². The van der Waals surface area contributed by atoms with Crippen LogP contribution in [0.2, 0.25) is 0 Å². The molecule has 0 saturated carbocycles. The van der Waals surface area contributed by atoms with E-state index in [1.807, 2.05) is 13.8 Å². The molecule has 0 heterocycles. The van der Waals surface area contributed by atoms with Gasteiger partial charge in [0.2, 0.25) is 5.91 Å². The molecule has 1 rings (SSSR count). The summed E-state index contributed by atoms with van der Waals surface area (Å²) in [4.78, 5) is 22.5. The molecule has 0 atom stereocenters. The highest BCUT2D eigenvalue weighted by Gasteiger charge is 2.09. The van der Waals surface area contributed by atoms with Crippen molar-refractivity contribution in [1.82, 2.24) is 0 Å². The second-order valence-electron chi connectivity index (χ2n) is 4.55. The van der Waals surface area contributed by atoms with Gasteiger partial charge in [-0.1, -0.05) is 0 Å². The lowest BCUT2D eigenvalue weighted by Crippen LogP contribution is -2.16. The molecular formula is C14H19NO4. The SMILES string of the molecule is Cc1cc(NC(=O)CCOC(C)C)ccc1C(=O)O. The number of carboxylic acid groups (broad SMARTS) is 1. The molecule has 1 amide bonds. The highest BCUT2D eigenvalue weighted by Crippen LogP contribution is 2.15. The molecule has 0 saturated heterocycles. The first-order valence-electron chi connectivity index (χ1n) is 6.15. The number of hydrogen-bond acceptors (Lipinski definition) is 3. The summed E-state index contributed by atoms with van der Waals surface area (Å²) in [6.45, 7) is 5.88. The number of nitrogens with one attached hydrogen (secondary N) is 1. The lowest BCUT2D eigenvalue weighted by atomic mass is 10.1. The Morgan fingerprint density at radius 3 is 2.58 bits per heavy atom. The molecule has 0 radical (unpaired) electrons. The van der Waals surface area contributed by atoms with Crippen molar-refractivity contribution in [2.24, 2.45) is 0 Å². The molecule has 104 valence electrons. The summed E-state index contributed by atoms with van der Waals surface area (Å²) in [7, 11) is 0. The number of anilines is 1. The summed E-state index contributed by atoms with van der Waals surface area (Å²) in [5.41, 5.74) is 1.45. The summed E-state index contributed by atoms with van der Waals surface area (Å²) in [6, 6.07) is 4.71. The fourth-order valence-corrected chi connectivity index (χ4v) is 1.59. The fourth-order valence-electron chi connectivity index (χ4n) is 1.59. The van der Waals surface area contributed by atoms with Gasteiger partial charge >= 0.3 is 5.97 Å². The van der Waals surface area contributed by atoms with E-state index in [-0.39, 0.29) is 24.0 Å². The maximum atomic E-state index is 11.6. The maximum Gasteiger partial charge on any atom is 0.335 e. The van der Waals surface area contributed by atoms with Gasteiger partial charge in [0, 0.05) is 5.69 Å². The zero-order valence-electron chi connectivity index (χ0n) is 11.4. The molecule has 0 aliphatic carbocycles. The van der Waals surface area contributed by atoms with E-state index in [0.717, 1.165) is 0 Å². The molecule has 1 aromatic carbocycles. The normalized spacial score (nSPS) is 10.5. The minimum Gasteiger partial charge on any atom is -0.478 e. The number of hydrogen-bond donors (Lipinski definition) is 2. The van der Waals surface area contributed by atoms with E-state index in [0.29, 0.717) is 17.9 Å². The average molecular weight is 265 g/mol. The van der Waals surface area contributed by atoms with E-state index < -0.39 is 5.97 Å². The number of amides is 1. The van der Waals surface area contributed by atoms with Crippen molar-refractivity contribution in [3.05, 3.63) is 29.3 Å². The van der Waals surface area contributed by atoms with Crippen molar-refractivity contribution < 1.29 is 19.4 Å². The Balaban J connectivity index is 2.55. The minimum absolute atomic E-state index is 0.102. The third-order valence-electron chi connectivity index (χ3n) is 2.52. The molecule has 1 aromatic rings. The first-order chi connectivity index (χ1) is 8.90. The van der Waals surface area contributed by atoms with Gasteiger partial charge in [-0.25, -0.2) is 4.79 Å². The highest BCUT2D eigenvalue weighted by molar-refractivity contribution is 5.93. The summed E-state index contributed by atoms with van der Waals surface area (Å²) in [5, 5.41) is 11.6. The lowest BCUT2D eigenvalue weighted by Gasteiger charge is -2.09. The first-order valence-corrected chi connectivity index (χ1v) is 6.15. The molecular weight excluding hydrogens is 246 g/mol. The van der Waals surface area contributed by atoms with Crippen molar-refractivity contribution in [2.75, 3.05) is 11.9 Å². The van der Waals surface area contributed by atoms with Crippen LogP contribution in [0, 0.1) is 6.92 Å². The Kier molecular flexibility index (Phi) is 5.51. The third kappa shape index (κ3) is 5.09. The van der Waals surface area contributed by atoms with Crippen LogP contribution in [0.3, 0.4) is 0 Å². The zero-order valence-corrected chi connectivity index (χ0v) is 11.4. The van der Waals surface area contributed by atoms with Crippen molar-refractivity contribution in [3.63, 3.8) is 0 Å². The lowest BCUT2D eigenvalue weighted by molar-refractivity contribution is -0.117. The monoisotopic (exact) mass is 265 g/mol. The molecule has 0 aliphatic rings. The van der Waals surface area contributed by atoms with Crippen LogP contribution in [-0.4, -0.2) is 29.7 Å². The van der Waals surface area contributed by atoms with E-state index in [1.165, 1.54) is 6.07 Å². The number of carbonyl (C=O) groups excluding carboxylic acids is 1. The van der Waals surface area contributed by atoms with Crippen molar-refractivity contribution in [1.29, 1.82) is 0 Å². The molecule has 5 heteroatoms. The number of carbonyl (C=O) groups is 2. The minimum atomic E-state index is -0.972. The Morgan fingerprint density at radius 2 is 2.05 bits per heavy atom. The standard InChI is InChI=1S/C14H19NO4/c1-9(2)19-7-6-13(16)15-11-4-5-12(14(17)18)10(3)8-11/h4-5,8-9H,6-7H2,1-3H3,(H,15,16)(H,17,18). The molecule has 0 aromatic heterocycles. The topological polar surface area (TPSA) is 75.6 Å². The highest BCUT2D eigenvalue weighted by atomic mass is 16.5. The summed E-state index contributed by atoms with van der Waals surface area (Å²) < 4.78 is 5.29. The largest absolute Gasteiger partial charge is 0.478 e. The molecule has 0 bridgehead atoms. The van der Waals surface area contributed by atoms with Crippen LogP contribution < -0.4 is 5.32 Å². The molecule has 0 spiro atoms. The Hall–Kier alpha value is -1.88.